The molecule has 116 valence electrons. The fourth-order valence-corrected chi connectivity index (χ4v) is 3.18. The predicted octanol–water partition coefficient (Wildman–Crippen LogP) is 3.19. The molecular formula is C17H24FNO2. The molecule has 0 saturated carbocycles. The first kappa shape index (κ1) is 16.0. The molecule has 3 nitrogen and oxygen atoms in total. The van der Waals surface area contributed by atoms with Crippen LogP contribution in [-0.4, -0.2) is 35.1 Å². The first-order valence-electron chi connectivity index (χ1n) is 7.67. The molecule has 0 aromatic heterocycles. The lowest BCUT2D eigenvalue weighted by molar-refractivity contribution is -0.144. The Kier molecular flexibility index (Phi) is 5.34. The van der Waals surface area contributed by atoms with Crippen molar-refractivity contribution >= 4 is 5.97 Å². The molecular weight excluding hydrogens is 269 g/mol. The van der Waals surface area contributed by atoms with Crippen LogP contribution in [0, 0.1) is 17.7 Å². The summed E-state index contributed by atoms with van der Waals surface area (Å²) >= 11 is 0. The van der Waals surface area contributed by atoms with Gasteiger partial charge in [0.25, 0.3) is 0 Å². The van der Waals surface area contributed by atoms with Crippen molar-refractivity contribution in [3.63, 3.8) is 0 Å². The lowest BCUT2D eigenvalue weighted by Crippen LogP contribution is -2.46. The van der Waals surface area contributed by atoms with Crippen LogP contribution >= 0.6 is 0 Å². The van der Waals surface area contributed by atoms with Gasteiger partial charge >= 0.3 is 5.97 Å². The molecule has 3 unspecified atom stereocenters. The quantitative estimate of drug-likeness (QED) is 0.906. The number of carboxylic acids is 1. The van der Waals surface area contributed by atoms with Crippen LogP contribution in [0.5, 0.6) is 0 Å². The highest BCUT2D eigenvalue weighted by Gasteiger charge is 2.31. The van der Waals surface area contributed by atoms with Crippen LogP contribution in [0.2, 0.25) is 0 Å². The number of benzene rings is 1. The zero-order chi connectivity index (χ0) is 15.4. The summed E-state index contributed by atoms with van der Waals surface area (Å²) in [6, 6.07) is 7.02. The zero-order valence-corrected chi connectivity index (χ0v) is 12.8. The lowest BCUT2D eigenvalue weighted by Gasteiger charge is -2.38. The maximum Gasteiger partial charge on any atom is 0.307 e. The van der Waals surface area contributed by atoms with Crippen LogP contribution in [-0.2, 0) is 11.2 Å². The van der Waals surface area contributed by atoms with Gasteiger partial charge in [0.05, 0.1) is 5.92 Å². The van der Waals surface area contributed by atoms with Crippen molar-refractivity contribution in [3.05, 3.63) is 35.6 Å². The summed E-state index contributed by atoms with van der Waals surface area (Å²) in [5.41, 5.74) is 1.00. The summed E-state index contributed by atoms with van der Waals surface area (Å²) in [7, 11) is 0. The number of rotatable bonds is 5. The Labute approximate surface area is 125 Å². The van der Waals surface area contributed by atoms with Gasteiger partial charge in [0.15, 0.2) is 0 Å². The SMILES string of the molecule is CC1CC(C(=O)O)CN(C(C)CCc2cccc(F)c2)C1. The Morgan fingerprint density at radius 3 is 2.90 bits per heavy atom. The van der Waals surface area contributed by atoms with Crippen molar-refractivity contribution in [2.75, 3.05) is 13.1 Å². The molecule has 1 heterocycles. The number of likely N-dealkylation sites (tertiary alicyclic amines) is 1. The zero-order valence-electron chi connectivity index (χ0n) is 12.8. The Balaban J connectivity index is 1.90. The molecule has 2 rings (SSSR count). The normalized spacial score (nSPS) is 24.7. The van der Waals surface area contributed by atoms with E-state index in [1.165, 1.54) is 6.07 Å². The van der Waals surface area contributed by atoms with Crippen LogP contribution < -0.4 is 0 Å². The van der Waals surface area contributed by atoms with Gasteiger partial charge in [-0.25, -0.2) is 4.39 Å². The molecule has 1 saturated heterocycles. The molecule has 1 aromatic carbocycles. The van der Waals surface area contributed by atoms with Gasteiger partial charge < -0.3 is 5.11 Å². The van der Waals surface area contributed by atoms with Crippen LogP contribution in [0.25, 0.3) is 0 Å². The summed E-state index contributed by atoms with van der Waals surface area (Å²) < 4.78 is 13.2. The molecule has 3 atom stereocenters. The number of aliphatic carboxylic acids is 1. The molecule has 0 radical (unpaired) electrons. The Bertz CT molecular complexity index is 491. The van der Waals surface area contributed by atoms with E-state index < -0.39 is 5.97 Å². The van der Waals surface area contributed by atoms with Crippen molar-refractivity contribution in [1.29, 1.82) is 0 Å². The number of carbonyl (C=O) groups is 1. The van der Waals surface area contributed by atoms with Crippen LogP contribution in [0.4, 0.5) is 4.39 Å². The molecule has 0 aliphatic carbocycles. The third kappa shape index (κ3) is 4.53. The highest BCUT2D eigenvalue weighted by atomic mass is 19.1. The molecule has 1 fully saturated rings. The standard InChI is InChI=1S/C17H24FNO2/c1-12-8-15(17(20)21)11-19(10-12)13(2)6-7-14-4-3-5-16(18)9-14/h3-5,9,12-13,15H,6-8,10-11H2,1-2H3,(H,20,21). The second-order valence-electron chi connectivity index (χ2n) is 6.35. The number of halogens is 1. The van der Waals surface area contributed by atoms with E-state index >= 15 is 0 Å². The van der Waals surface area contributed by atoms with Gasteiger partial charge in [-0.05, 0) is 49.8 Å². The molecule has 1 aliphatic rings. The van der Waals surface area contributed by atoms with Crippen molar-refractivity contribution in [2.45, 2.75) is 39.2 Å². The second kappa shape index (κ2) is 7.03. The number of hydrogen-bond donors (Lipinski definition) is 1. The molecule has 0 spiro atoms. The first-order chi connectivity index (χ1) is 9.95. The largest absolute Gasteiger partial charge is 0.481 e. The highest BCUT2D eigenvalue weighted by molar-refractivity contribution is 5.70. The summed E-state index contributed by atoms with van der Waals surface area (Å²) in [5.74, 6) is -0.733. The predicted molar refractivity (Wildman–Crippen MR) is 80.7 cm³/mol. The number of carboxylic acid groups (broad SMARTS) is 1. The van der Waals surface area contributed by atoms with Crippen molar-refractivity contribution in [2.24, 2.45) is 11.8 Å². The van der Waals surface area contributed by atoms with E-state index in [1.54, 1.807) is 12.1 Å². The maximum atomic E-state index is 13.2. The van der Waals surface area contributed by atoms with Crippen LogP contribution in [0.3, 0.4) is 0 Å². The van der Waals surface area contributed by atoms with Gasteiger partial charge in [-0.3, -0.25) is 9.69 Å². The highest BCUT2D eigenvalue weighted by Crippen LogP contribution is 2.24. The van der Waals surface area contributed by atoms with Crippen LogP contribution in [0.1, 0.15) is 32.3 Å². The average molecular weight is 293 g/mol. The Morgan fingerprint density at radius 2 is 2.24 bits per heavy atom. The minimum Gasteiger partial charge on any atom is -0.481 e. The molecule has 1 aromatic rings. The smallest absolute Gasteiger partial charge is 0.307 e. The van der Waals surface area contributed by atoms with E-state index in [0.29, 0.717) is 18.5 Å². The van der Waals surface area contributed by atoms with E-state index in [1.807, 2.05) is 6.07 Å². The fraction of sp³-hybridized carbons (Fsp3) is 0.588. The number of hydrogen-bond acceptors (Lipinski definition) is 2. The Morgan fingerprint density at radius 1 is 1.48 bits per heavy atom. The molecule has 4 heteroatoms. The monoisotopic (exact) mass is 293 g/mol. The Hall–Kier alpha value is -1.42. The third-order valence-electron chi connectivity index (χ3n) is 4.40. The van der Waals surface area contributed by atoms with Gasteiger partial charge in [-0.2, -0.15) is 0 Å². The molecule has 21 heavy (non-hydrogen) atoms. The lowest BCUT2D eigenvalue weighted by atomic mass is 9.89. The second-order valence-corrected chi connectivity index (χ2v) is 6.35. The van der Waals surface area contributed by atoms with Crippen molar-refractivity contribution in [3.8, 4) is 0 Å². The van der Waals surface area contributed by atoms with Gasteiger partial charge in [0.2, 0.25) is 0 Å². The fourth-order valence-electron chi connectivity index (χ4n) is 3.18. The number of nitrogens with zero attached hydrogens (tertiary/aromatic N) is 1. The molecule has 0 amide bonds. The van der Waals surface area contributed by atoms with E-state index in [2.05, 4.69) is 18.7 Å². The topological polar surface area (TPSA) is 40.5 Å². The van der Waals surface area contributed by atoms with Crippen molar-refractivity contribution < 1.29 is 14.3 Å². The van der Waals surface area contributed by atoms with Crippen molar-refractivity contribution in [1.82, 2.24) is 4.90 Å². The number of aryl methyl sites for hydroxylation is 1. The summed E-state index contributed by atoms with van der Waals surface area (Å²) in [5, 5.41) is 9.23. The minimum absolute atomic E-state index is 0.197. The first-order valence-corrected chi connectivity index (χ1v) is 7.67. The molecule has 1 N–H and O–H groups in total. The van der Waals surface area contributed by atoms with E-state index in [4.69, 9.17) is 0 Å². The van der Waals surface area contributed by atoms with E-state index in [9.17, 15) is 14.3 Å². The van der Waals surface area contributed by atoms with E-state index in [-0.39, 0.29) is 11.7 Å². The van der Waals surface area contributed by atoms with Gasteiger partial charge in [0.1, 0.15) is 5.82 Å². The summed E-state index contributed by atoms with van der Waals surface area (Å²) in [6.45, 7) is 5.83. The molecule has 0 bridgehead atoms. The summed E-state index contributed by atoms with van der Waals surface area (Å²) in [4.78, 5) is 13.5. The van der Waals surface area contributed by atoms with Gasteiger partial charge in [0, 0.05) is 19.1 Å². The van der Waals surface area contributed by atoms with Gasteiger partial charge in [-0.15, -0.1) is 0 Å². The maximum absolute atomic E-state index is 13.2. The minimum atomic E-state index is -0.691. The van der Waals surface area contributed by atoms with Crippen LogP contribution in [0.15, 0.2) is 24.3 Å². The van der Waals surface area contributed by atoms with Gasteiger partial charge in [-0.1, -0.05) is 19.1 Å². The van der Waals surface area contributed by atoms with E-state index in [0.717, 1.165) is 31.4 Å². The third-order valence-corrected chi connectivity index (χ3v) is 4.40. The number of piperidine rings is 1. The molecule has 1 aliphatic heterocycles. The summed E-state index contributed by atoms with van der Waals surface area (Å²) in [6.07, 6.45) is 2.51. The average Bonchev–Trinajstić information content (AvgIpc) is 2.44.